The predicted molar refractivity (Wildman–Crippen MR) is 106 cm³/mol. The van der Waals surface area contributed by atoms with E-state index in [4.69, 9.17) is 16.3 Å². The highest BCUT2D eigenvalue weighted by Gasteiger charge is 2.25. The average Bonchev–Trinajstić information content (AvgIpc) is 2.66. The van der Waals surface area contributed by atoms with Gasteiger partial charge in [-0.15, -0.1) is 18.3 Å². The van der Waals surface area contributed by atoms with Gasteiger partial charge in [0.05, 0.1) is 34.8 Å². The maximum Gasteiger partial charge on any atom is 0.339 e. The first-order valence-electron chi connectivity index (χ1n) is 7.50. The van der Waals surface area contributed by atoms with Gasteiger partial charge in [-0.1, -0.05) is 17.7 Å². The number of sulfonamides is 1. The minimum absolute atomic E-state index is 0.0366. The lowest BCUT2D eigenvalue weighted by Crippen LogP contribution is -2.31. The van der Waals surface area contributed by atoms with Crippen molar-refractivity contribution in [3.63, 3.8) is 0 Å². The summed E-state index contributed by atoms with van der Waals surface area (Å²) in [6.07, 6.45) is 3.38. The molecular formula is C18H18ClNO4S2. The van der Waals surface area contributed by atoms with E-state index in [2.05, 4.69) is 6.58 Å². The van der Waals surface area contributed by atoms with E-state index in [0.29, 0.717) is 5.69 Å². The Morgan fingerprint density at radius 1 is 1.27 bits per heavy atom. The molecule has 0 aliphatic carbocycles. The normalized spacial score (nSPS) is 11.0. The van der Waals surface area contributed by atoms with E-state index < -0.39 is 16.0 Å². The molecular weight excluding hydrogens is 394 g/mol. The van der Waals surface area contributed by atoms with Crippen LogP contribution in [0.2, 0.25) is 5.02 Å². The van der Waals surface area contributed by atoms with E-state index in [1.54, 1.807) is 24.3 Å². The SMILES string of the molecule is C=CCN(c1ccc(Cl)c(C(=O)OC)c1)S(=O)(=O)c1ccc(SC)cc1. The van der Waals surface area contributed by atoms with E-state index in [0.717, 1.165) is 9.20 Å². The smallest absolute Gasteiger partial charge is 0.339 e. The van der Waals surface area contributed by atoms with Crippen LogP contribution in [0.3, 0.4) is 0 Å². The number of halogens is 1. The van der Waals surface area contributed by atoms with Crippen molar-refractivity contribution in [3.05, 3.63) is 65.7 Å². The van der Waals surface area contributed by atoms with Gasteiger partial charge in [0.2, 0.25) is 0 Å². The maximum absolute atomic E-state index is 13.1. The van der Waals surface area contributed by atoms with Crippen LogP contribution in [-0.2, 0) is 14.8 Å². The molecule has 138 valence electrons. The van der Waals surface area contributed by atoms with E-state index >= 15 is 0 Å². The van der Waals surface area contributed by atoms with Crippen molar-refractivity contribution in [2.24, 2.45) is 0 Å². The van der Waals surface area contributed by atoms with Crippen LogP contribution in [0.25, 0.3) is 0 Å². The fraction of sp³-hybridized carbons (Fsp3) is 0.167. The lowest BCUT2D eigenvalue weighted by Gasteiger charge is -2.24. The zero-order valence-electron chi connectivity index (χ0n) is 14.3. The van der Waals surface area contributed by atoms with Crippen LogP contribution < -0.4 is 4.31 Å². The second-order valence-corrected chi connectivity index (χ2v) is 8.31. The number of hydrogen-bond acceptors (Lipinski definition) is 5. The van der Waals surface area contributed by atoms with Crippen molar-refractivity contribution in [3.8, 4) is 0 Å². The van der Waals surface area contributed by atoms with E-state index in [1.807, 2.05) is 6.26 Å². The molecule has 2 aromatic rings. The molecule has 26 heavy (non-hydrogen) atoms. The molecule has 0 spiro atoms. The molecule has 0 unspecified atom stereocenters. The predicted octanol–water partition coefficient (Wildman–Crippen LogP) is 4.23. The zero-order chi connectivity index (χ0) is 19.3. The molecule has 0 aromatic heterocycles. The summed E-state index contributed by atoms with van der Waals surface area (Å²) in [4.78, 5) is 13.0. The molecule has 2 rings (SSSR count). The number of ether oxygens (including phenoxy) is 1. The molecule has 0 bridgehead atoms. The number of nitrogens with zero attached hydrogens (tertiary/aromatic N) is 1. The summed E-state index contributed by atoms with van der Waals surface area (Å²) >= 11 is 7.55. The standard InChI is InChI=1S/C18H18ClNO4S2/c1-4-11-20(13-5-10-17(19)16(12-13)18(21)24-2)26(22,23)15-8-6-14(25-3)7-9-15/h4-10,12H,1,11H2,2-3H3. The molecule has 0 fully saturated rings. The van der Waals surface area contributed by atoms with Crippen LogP contribution in [0.4, 0.5) is 5.69 Å². The topological polar surface area (TPSA) is 63.7 Å². The number of methoxy groups -OCH3 is 1. The molecule has 0 heterocycles. The molecule has 5 nitrogen and oxygen atoms in total. The first-order chi connectivity index (χ1) is 12.3. The minimum atomic E-state index is -3.85. The van der Waals surface area contributed by atoms with Gasteiger partial charge in [-0.05, 0) is 48.7 Å². The Labute approximate surface area is 162 Å². The fourth-order valence-electron chi connectivity index (χ4n) is 2.27. The Balaban J connectivity index is 2.53. The Kier molecular flexibility index (Phi) is 6.75. The lowest BCUT2D eigenvalue weighted by atomic mass is 10.2. The van der Waals surface area contributed by atoms with E-state index in [-0.39, 0.29) is 22.0 Å². The van der Waals surface area contributed by atoms with Crippen molar-refractivity contribution in [1.82, 2.24) is 0 Å². The van der Waals surface area contributed by atoms with Gasteiger partial charge < -0.3 is 4.74 Å². The molecule has 0 saturated carbocycles. The van der Waals surface area contributed by atoms with Crippen molar-refractivity contribution >= 4 is 45.0 Å². The van der Waals surface area contributed by atoms with Crippen LogP contribution in [-0.4, -0.2) is 34.3 Å². The summed E-state index contributed by atoms with van der Waals surface area (Å²) in [5.74, 6) is -0.642. The van der Waals surface area contributed by atoms with Gasteiger partial charge in [-0.2, -0.15) is 0 Å². The monoisotopic (exact) mass is 411 g/mol. The molecule has 0 N–H and O–H groups in total. The third-order valence-electron chi connectivity index (χ3n) is 3.59. The molecule has 0 aliphatic heterocycles. The van der Waals surface area contributed by atoms with Gasteiger partial charge in [0, 0.05) is 4.90 Å². The number of benzene rings is 2. The van der Waals surface area contributed by atoms with Crippen LogP contribution in [0.1, 0.15) is 10.4 Å². The third-order valence-corrected chi connectivity index (χ3v) is 6.47. The Morgan fingerprint density at radius 3 is 2.46 bits per heavy atom. The summed E-state index contributed by atoms with van der Waals surface area (Å²) < 4.78 is 32.0. The number of hydrogen-bond donors (Lipinski definition) is 0. The van der Waals surface area contributed by atoms with Gasteiger partial charge >= 0.3 is 5.97 Å². The molecule has 0 aliphatic rings. The van der Waals surface area contributed by atoms with E-state index in [1.165, 1.54) is 43.1 Å². The third kappa shape index (κ3) is 4.23. The van der Waals surface area contributed by atoms with Gasteiger partial charge in [0.1, 0.15) is 0 Å². The summed E-state index contributed by atoms with van der Waals surface area (Å²) in [6, 6.07) is 11.0. The zero-order valence-corrected chi connectivity index (χ0v) is 16.7. The Morgan fingerprint density at radius 2 is 1.92 bits per heavy atom. The maximum atomic E-state index is 13.1. The van der Waals surface area contributed by atoms with Crippen molar-refractivity contribution < 1.29 is 17.9 Å². The highest BCUT2D eigenvalue weighted by Crippen LogP contribution is 2.29. The van der Waals surface area contributed by atoms with Crippen LogP contribution >= 0.6 is 23.4 Å². The highest BCUT2D eigenvalue weighted by atomic mass is 35.5. The second kappa shape index (κ2) is 8.62. The molecule has 0 amide bonds. The summed E-state index contributed by atoms with van der Waals surface area (Å²) in [5, 5.41) is 0.181. The fourth-order valence-corrected chi connectivity index (χ4v) is 4.30. The lowest BCUT2D eigenvalue weighted by molar-refractivity contribution is 0.0601. The van der Waals surface area contributed by atoms with Crippen molar-refractivity contribution in [2.45, 2.75) is 9.79 Å². The van der Waals surface area contributed by atoms with Crippen LogP contribution in [0.15, 0.2) is 64.9 Å². The van der Waals surface area contributed by atoms with Crippen molar-refractivity contribution in [2.75, 3.05) is 24.2 Å². The second-order valence-electron chi connectivity index (χ2n) is 5.16. The number of carbonyl (C=O) groups is 1. The van der Waals surface area contributed by atoms with Crippen molar-refractivity contribution in [1.29, 1.82) is 0 Å². The highest BCUT2D eigenvalue weighted by molar-refractivity contribution is 7.98. The number of anilines is 1. The molecule has 2 aromatic carbocycles. The van der Waals surface area contributed by atoms with Gasteiger partial charge in [-0.25, -0.2) is 13.2 Å². The summed E-state index contributed by atoms with van der Waals surface area (Å²) in [7, 11) is -2.61. The minimum Gasteiger partial charge on any atom is -0.465 e. The number of esters is 1. The van der Waals surface area contributed by atoms with Crippen LogP contribution in [0.5, 0.6) is 0 Å². The Hall–Kier alpha value is -1.96. The summed E-state index contributed by atoms with van der Waals surface area (Å²) in [5.41, 5.74) is 0.386. The largest absolute Gasteiger partial charge is 0.465 e. The first-order valence-corrected chi connectivity index (χ1v) is 10.5. The molecule has 8 heteroatoms. The molecule has 0 saturated heterocycles. The number of thioether (sulfide) groups is 1. The number of carbonyl (C=O) groups excluding carboxylic acids is 1. The van der Waals surface area contributed by atoms with Gasteiger partial charge in [0.15, 0.2) is 0 Å². The molecule has 0 radical (unpaired) electrons. The van der Waals surface area contributed by atoms with Crippen LogP contribution in [0, 0.1) is 0 Å². The van der Waals surface area contributed by atoms with E-state index in [9.17, 15) is 13.2 Å². The Bertz CT molecular complexity index is 911. The quantitative estimate of drug-likeness (QED) is 0.387. The van der Waals surface area contributed by atoms with Gasteiger partial charge in [-0.3, -0.25) is 4.31 Å². The van der Waals surface area contributed by atoms with Gasteiger partial charge in [0.25, 0.3) is 10.0 Å². The average molecular weight is 412 g/mol. The summed E-state index contributed by atoms with van der Waals surface area (Å²) in [6.45, 7) is 3.66. The first kappa shape index (κ1) is 20.4. The number of rotatable bonds is 7. The molecule has 0 atom stereocenters.